The number of nitrogens with one attached hydrogen (secondary N) is 1. The molecule has 0 unspecified atom stereocenters. The van der Waals surface area contributed by atoms with Gasteiger partial charge in [-0.2, -0.15) is 0 Å². The van der Waals surface area contributed by atoms with Crippen molar-refractivity contribution in [3.63, 3.8) is 0 Å². The van der Waals surface area contributed by atoms with Crippen LogP contribution in [-0.2, 0) is 0 Å². The molecule has 3 nitrogen and oxygen atoms in total. The van der Waals surface area contributed by atoms with Crippen LogP contribution >= 0.6 is 0 Å². The van der Waals surface area contributed by atoms with E-state index in [0.29, 0.717) is 19.1 Å². The van der Waals surface area contributed by atoms with Gasteiger partial charge in [0.05, 0.1) is 0 Å². The van der Waals surface area contributed by atoms with E-state index in [1.807, 2.05) is 6.07 Å². The Morgan fingerprint density at radius 2 is 1.88 bits per heavy atom. The highest BCUT2D eigenvalue weighted by Crippen LogP contribution is 2.42. The lowest BCUT2D eigenvalue weighted by Crippen LogP contribution is -2.28. The van der Waals surface area contributed by atoms with Gasteiger partial charge in [-0.3, -0.25) is 0 Å². The molecule has 1 N–H and O–H groups in total. The van der Waals surface area contributed by atoms with Crippen molar-refractivity contribution in [3.05, 3.63) is 23.3 Å². The summed E-state index contributed by atoms with van der Waals surface area (Å²) in [6.07, 6.45) is 2.39. The lowest BCUT2D eigenvalue weighted by Gasteiger charge is -2.29. The van der Waals surface area contributed by atoms with Crippen molar-refractivity contribution < 1.29 is 9.47 Å². The Bertz CT molecular complexity index is 411. The summed E-state index contributed by atoms with van der Waals surface area (Å²) in [6, 6.07) is 4.19. The monoisotopic (exact) mass is 233 g/mol. The lowest BCUT2D eigenvalue weighted by atomic mass is 9.86. The fourth-order valence-corrected chi connectivity index (χ4v) is 2.85. The van der Waals surface area contributed by atoms with Gasteiger partial charge in [-0.15, -0.1) is 0 Å². The topological polar surface area (TPSA) is 30.5 Å². The molecule has 0 radical (unpaired) electrons. The second-order valence-corrected chi connectivity index (χ2v) is 4.84. The molecule has 2 aliphatic rings. The number of rotatable bonds is 1. The maximum atomic E-state index is 5.84. The van der Waals surface area contributed by atoms with Crippen LogP contribution in [0.15, 0.2) is 12.1 Å². The molecule has 3 rings (SSSR count). The molecule has 0 atom stereocenters. The zero-order valence-electron chi connectivity index (χ0n) is 10.3. The first-order valence-electron chi connectivity index (χ1n) is 6.46. The average molecular weight is 233 g/mol. The van der Waals surface area contributed by atoms with Gasteiger partial charge in [0.1, 0.15) is 13.2 Å². The zero-order valence-corrected chi connectivity index (χ0v) is 10.3. The van der Waals surface area contributed by atoms with Gasteiger partial charge in [0, 0.05) is 5.56 Å². The molecule has 1 aromatic carbocycles. The highest BCUT2D eigenvalue weighted by molar-refractivity contribution is 5.53. The van der Waals surface area contributed by atoms with Crippen LogP contribution in [0.1, 0.15) is 29.9 Å². The number of aryl methyl sites for hydroxylation is 1. The van der Waals surface area contributed by atoms with E-state index >= 15 is 0 Å². The Morgan fingerprint density at radius 3 is 2.71 bits per heavy atom. The van der Waals surface area contributed by atoms with Gasteiger partial charge in [0.25, 0.3) is 0 Å². The molecule has 17 heavy (non-hydrogen) atoms. The first-order chi connectivity index (χ1) is 8.36. The molecule has 2 heterocycles. The smallest absolute Gasteiger partial charge is 0.165 e. The summed E-state index contributed by atoms with van der Waals surface area (Å²) in [6.45, 7) is 5.73. The SMILES string of the molecule is Cc1ccc2c(c1C1CCNCC1)OCCO2. The molecular weight excluding hydrogens is 214 g/mol. The van der Waals surface area contributed by atoms with Crippen LogP contribution in [0.5, 0.6) is 11.5 Å². The van der Waals surface area contributed by atoms with E-state index in [2.05, 4.69) is 18.3 Å². The van der Waals surface area contributed by atoms with E-state index in [1.165, 1.54) is 24.0 Å². The summed E-state index contributed by atoms with van der Waals surface area (Å²) in [5.74, 6) is 2.55. The summed E-state index contributed by atoms with van der Waals surface area (Å²) in [7, 11) is 0. The Morgan fingerprint density at radius 1 is 1.12 bits per heavy atom. The highest BCUT2D eigenvalue weighted by atomic mass is 16.6. The molecule has 1 saturated heterocycles. The van der Waals surface area contributed by atoms with Gasteiger partial charge in [-0.05, 0) is 50.4 Å². The van der Waals surface area contributed by atoms with Gasteiger partial charge in [0.2, 0.25) is 0 Å². The van der Waals surface area contributed by atoms with Crippen molar-refractivity contribution in [2.75, 3.05) is 26.3 Å². The van der Waals surface area contributed by atoms with Crippen LogP contribution in [0, 0.1) is 6.92 Å². The molecule has 0 saturated carbocycles. The predicted octanol–water partition coefficient (Wildman–Crippen LogP) is 2.23. The van der Waals surface area contributed by atoms with Gasteiger partial charge in [-0.1, -0.05) is 6.07 Å². The Kier molecular flexibility index (Phi) is 2.93. The number of hydrogen-bond donors (Lipinski definition) is 1. The predicted molar refractivity (Wildman–Crippen MR) is 67.0 cm³/mol. The number of hydrogen-bond acceptors (Lipinski definition) is 3. The number of benzene rings is 1. The van der Waals surface area contributed by atoms with Crippen LogP contribution in [0.25, 0.3) is 0 Å². The number of ether oxygens (including phenoxy) is 2. The quantitative estimate of drug-likeness (QED) is 0.807. The Labute approximate surface area is 102 Å². The van der Waals surface area contributed by atoms with Crippen LogP contribution in [-0.4, -0.2) is 26.3 Å². The molecule has 0 aliphatic carbocycles. The molecule has 0 bridgehead atoms. The summed E-state index contributed by atoms with van der Waals surface area (Å²) in [5.41, 5.74) is 2.71. The minimum absolute atomic E-state index is 0.618. The summed E-state index contributed by atoms with van der Waals surface area (Å²) < 4.78 is 11.5. The third-order valence-electron chi connectivity index (χ3n) is 3.71. The highest BCUT2D eigenvalue weighted by Gasteiger charge is 2.25. The van der Waals surface area contributed by atoms with E-state index in [9.17, 15) is 0 Å². The fourth-order valence-electron chi connectivity index (χ4n) is 2.85. The van der Waals surface area contributed by atoms with Crippen molar-refractivity contribution in [1.82, 2.24) is 5.32 Å². The van der Waals surface area contributed by atoms with Crippen molar-refractivity contribution in [1.29, 1.82) is 0 Å². The van der Waals surface area contributed by atoms with Gasteiger partial charge in [-0.25, -0.2) is 0 Å². The van der Waals surface area contributed by atoms with E-state index in [-0.39, 0.29) is 0 Å². The minimum atomic E-state index is 0.618. The Balaban J connectivity index is 2.01. The molecular formula is C14H19NO2. The van der Waals surface area contributed by atoms with Gasteiger partial charge >= 0.3 is 0 Å². The average Bonchev–Trinajstić information content (AvgIpc) is 2.39. The molecule has 0 amide bonds. The molecule has 2 aliphatic heterocycles. The third kappa shape index (κ3) is 2.00. The van der Waals surface area contributed by atoms with E-state index in [1.54, 1.807) is 0 Å². The third-order valence-corrected chi connectivity index (χ3v) is 3.71. The van der Waals surface area contributed by atoms with Crippen LogP contribution < -0.4 is 14.8 Å². The molecule has 92 valence electrons. The number of piperidine rings is 1. The van der Waals surface area contributed by atoms with Crippen molar-refractivity contribution >= 4 is 0 Å². The van der Waals surface area contributed by atoms with Crippen molar-refractivity contribution in [2.24, 2.45) is 0 Å². The largest absolute Gasteiger partial charge is 0.486 e. The molecule has 0 aromatic heterocycles. The molecule has 3 heteroatoms. The van der Waals surface area contributed by atoms with E-state index in [0.717, 1.165) is 24.6 Å². The molecule has 0 spiro atoms. The zero-order chi connectivity index (χ0) is 11.7. The second-order valence-electron chi connectivity index (χ2n) is 4.84. The van der Waals surface area contributed by atoms with Crippen molar-refractivity contribution in [3.8, 4) is 11.5 Å². The van der Waals surface area contributed by atoms with Crippen LogP contribution in [0.2, 0.25) is 0 Å². The molecule has 1 aromatic rings. The second kappa shape index (κ2) is 4.57. The Hall–Kier alpha value is -1.22. The molecule has 1 fully saturated rings. The minimum Gasteiger partial charge on any atom is -0.486 e. The standard InChI is InChI=1S/C14H19NO2/c1-10-2-3-12-14(17-9-8-16-12)13(10)11-4-6-15-7-5-11/h2-3,11,15H,4-9H2,1H3. The van der Waals surface area contributed by atoms with E-state index in [4.69, 9.17) is 9.47 Å². The maximum absolute atomic E-state index is 5.84. The maximum Gasteiger partial charge on any atom is 0.165 e. The lowest BCUT2D eigenvalue weighted by molar-refractivity contribution is 0.168. The fraction of sp³-hybridized carbons (Fsp3) is 0.571. The van der Waals surface area contributed by atoms with Gasteiger partial charge in [0.15, 0.2) is 11.5 Å². The van der Waals surface area contributed by atoms with Crippen molar-refractivity contribution in [2.45, 2.75) is 25.7 Å². The number of fused-ring (bicyclic) bond motifs is 1. The van der Waals surface area contributed by atoms with Crippen LogP contribution in [0.3, 0.4) is 0 Å². The summed E-state index contributed by atoms with van der Waals surface area (Å²) in [4.78, 5) is 0. The van der Waals surface area contributed by atoms with Crippen LogP contribution in [0.4, 0.5) is 0 Å². The summed E-state index contributed by atoms with van der Waals surface area (Å²) >= 11 is 0. The normalized spacial score (nSPS) is 20.3. The summed E-state index contributed by atoms with van der Waals surface area (Å²) in [5, 5.41) is 3.41. The first kappa shape index (κ1) is 10.9. The van der Waals surface area contributed by atoms with Gasteiger partial charge < -0.3 is 14.8 Å². The first-order valence-corrected chi connectivity index (χ1v) is 6.46. The van der Waals surface area contributed by atoms with E-state index < -0.39 is 0 Å².